The molecule has 0 N–H and O–H groups in total. The second-order valence-electron chi connectivity index (χ2n) is 4.51. The Bertz CT molecular complexity index is 448. The highest BCUT2D eigenvalue weighted by atomic mass is 16.5. The van der Waals surface area contributed by atoms with Crippen LogP contribution in [0.2, 0.25) is 0 Å². The van der Waals surface area contributed by atoms with Gasteiger partial charge in [0.15, 0.2) is 0 Å². The lowest BCUT2D eigenvalue weighted by Crippen LogP contribution is -2.15. The first kappa shape index (κ1) is 9.64. The average molecular weight is 214 g/mol. The van der Waals surface area contributed by atoms with Crippen LogP contribution >= 0.6 is 0 Å². The number of cyclic esters (lactones) is 1. The molecule has 0 unspecified atom stereocenters. The van der Waals surface area contributed by atoms with E-state index in [0.29, 0.717) is 12.5 Å². The second-order valence-corrected chi connectivity index (χ2v) is 4.51. The number of esters is 1. The predicted molar refractivity (Wildman–Crippen MR) is 61.7 cm³/mol. The molecule has 2 aliphatic rings. The van der Waals surface area contributed by atoms with Crippen LogP contribution in [0.4, 0.5) is 0 Å². The van der Waals surface area contributed by atoms with E-state index in [4.69, 9.17) is 4.74 Å². The maximum absolute atomic E-state index is 11.5. The molecule has 1 aromatic rings. The van der Waals surface area contributed by atoms with E-state index in [0.717, 1.165) is 12.8 Å². The summed E-state index contributed by atoms with van der Waals surface area (Å²) in [4.78, 5) is 11.5. The summed E-state index contributed by atoms with van der Waals surface area (Å²) in [6.45, 7) is 0.593. The molecule has 1 heterocycles. The van der Waals surface area contributed by atoms with Crippen LogP contribution in [0.1, 0.15) is 17.5 Å². The Balaban J connectivity index is 1.97. The Kier molecular flexibility index (Phi) is 2.28. The van der Waals surface area contributed by atoms with Gasteiger partial charge in [-0.05, 0) is 24.0 Å². The van der Waals surface area contributed by atoms with Crippen molar-refractivity contribution in [3.05, 3.63) is 41.5 Å². The molecule has 1 saturated heterocycles. The maximum Gasteiger partial charge on any atom is 0.313 e. The van der Waals surface area contributed by atoms with Gasteiger partial charge in [-0.2, -0.15) is 0 Å². The number of carbonyl (C=O) groups excluding carboxylic acids is 1. The number of rotatable bonds is 0. The molecule has 0 amide bonds. The van der Waals surface area contributed by atoms with Gasteiger partial charge in [-0.25, -0.2) is 0 Å². The monoisotopic (exact) mass is 214 g/mol. The van der Waals surface area contributed by atoms with E-state index in [-0.39, 0.29) is 11.9 Å². The van der Waals surface area contributed by atoms with Crippen molar-refractivity contribution in [3.8, 4) is 0 Å². The van der Waals surface area contributed by atoms with Crippen LogP contribution in [0.5, 0.6) is 0 Å². The Hall–Kier alpha value is -1.57. The number of carbonyl (C=O) groups is 1. The van der Waals surface area contributed by atoms with E-state index in [1.54, 1.807) is 0 Å². The maximum atomic E-state index is 11.5. The van der Waals surface area contributed by atoms with E-state index in [1.165, 1.54) is 11.1 Å². The van der Waals surface area contributed by atoms with E-state index in [2.05, 4.69) is 24.3 Å². The zero-order valence-corrected chi connectivity index (χ0v) is 9.06. The molecule has 16 heavy (non-hydrogen) atoms. The van der Waals surface area contributed by atoms with Gasteiger partial charge in [-0.1, -0.05) is 36.4 Å². The van der Waals surface area contributed by atoms with Gasteiger partial charge in [0.1, 0.15) is 0 Å². The molecular weight excluding hydrogens is 200 g/mol. The normalized spacial score (nSPS) is 27.6. The highest BCUT2D eigenvalue weighted by Gasteiger charge is 2.35. The second kappa shape index (κ2) is 3.78. The van der Waals surface area contributed by atoms with Gasteiger partial charge in [-0.15, -0.1) is 0 Å². The van der Waals surface area contributed by atoms with E-state index in [1.807, 2.05) is 12.1 Å². The van der Waals surface area contributed by atoms with Gasteiger partial charge in [0, 0.05) is 5.92 Å². The van der Waals surface area contributed by atoms with Crippen LogP contribution in [0, 0.1) is 11.8 Å². The topological polar surface area (TPSA) is 26.3 Å². The summed E-state index contributed by atoms with van der Waals surface area (Å²) in [5.41, 5.74) is 2.61. The van der Waals surface area contributed by atoms with Gasteiger partial charge in [0.2, 0.25) is 0 Å². The Labute approximate surface area is 94.9 Å². The minimum Gasteiger partial charge on any atom is -0.465 e. The zero-order chi connectivity index (χ0) is 11.0. The van der Waals surface area contributed by atoms with Crippen molar-refractivity contribution in [2.24, 2.45) is 11.8 Å². The number of aryl methyl sites for hydroxylation is 1. The first-order chi connectivity index (χ1) is 7.84. The molecule has 0 saturated carbocycles. The Morgan fingerprint density at radius 3 is 3.06 bits per heavy atom. The zero-order valence-electron chi connectivity index (χ0n) is 9.06. The molecule has 1 aliphatic heterocycles. The highest BCUT2D eigenvalue weighted by Crippen LogP contribution is 2.31. The van der Waals surface area contributed by atoms with Crippen molar-refractivity contribution in [2.45, 2.75) is 12.8 Å². The third kappa shape index (κ3) is 1.54. The van der Waals surface area contributed by atoms with Crippen molar-refractivity contribution in [1.82, 2.24) is 0 Å². The van der Waals surface area contributed by atoms with Crippen molar-refractivity contribution in [3.63, 3.8) is 0 Å². The first-order valence-electron chi connectivity index (χ1n) is 5.77. The number of hydrogen-bond donors (Lipinski definition) is 0. The van der Waals surface area contributed by atoms with Crippen LogP contribution in [0.3, 0.4) is 0 Å². The van der Waals surface area contributed by atoms with Gasteiger partial charge in [0.05, 0.1) is 12.5 Å². The van der Waals surface area contributed by atoms with Crippen LogP contribution in [0.25, 0.3) is 6.08 Å². The number of fused-ring (bicyclic) bond motifs is 2. The largest absolute Gasteiger partial charge is 0.465 e. The fraction of sp³-hybridized carbons (Fsp3) is 0.357. The minimum absolute atomic E-state index is 0.0200. The van der Waals surface area contributed by atoms with E-state index >= 15 is 0 Å². The summed E-state index contributed by atoms with van der Waals surface area (Å²) in [6.07, 6.45) is 6.16. The fourth-order valence-electron chi connectivity index (χ4n) is 2.55. The molecule has 1 fully saturated rings. The van der Waals surface area contributed by atoms with E-state index < -0.39 is 0 Å². The molecule has 2 atom stereocenters. The SMILES string of the molecule is O=C1OC[C@H]2CCc3ccccc3C=C[C@H]12. The van der Waals surface area contributed by atoms with Crippen molar-refractivity contribution >= 4 is 12.0 Å². The number of ether oxygens (including phenoxy) is 1. The fourth-order valence-corrected chi connectivity index (χ4v) is 2.55. The summed E-state index contributed by atoms with van der Waals surface area (Å²) < 4.78 is 5.12. The third-order valence-electron chi connectivity index (χ3n) is 3.54. The quantitative estimate of drug-likeness (QED) is 0.620. The van der Waals surface area contributed by atoms with Crippen LogP contribution in [0.15, 0.2) is 30.3 Å². The number of benzene rings is 1. The van der Waals surface area contributed by atoms with Gasteiger partial charge in [-0.3, -0.25) is 4.79 Å². The molecule has 0 bridgehead atoms. The van der Waals surface area contributed by atoms with Gasteiger partial charge >= 0.3 is 5.97 Å². The molecule has 3 rings (SSSR count). The van der Waals surface area contributed by atoms with Crippen molar-refractivity contribution in [1.29, 1.82) is 0 Å². The summed E-state index contributed by atoms with van der Waals surface area (Å²) >= 11 is 0. The standard InChI is InChI=1S/C14H14O2/c15-14-13-8-7-11-4-2-1-3-10(11)5-6-12(13)9-16-14/h1-4,7-8,12-13H,5-6,9H2/t12-,13+/m1/s1. The van der Waals surface area contributed by atoms with Crippen molar-refractivity contribution in [2.75, 3.05) is 6.61 Å². The molecule has 0 aromatic heterocycles. The lowest BCUT2D eigenvalue weighted by atomic mass is 9.85. The summed E-state index contributed by atoms with van der Waals surface area (Å²) in [5.74, 6) is 0.297. The molecule has 82 valence electrons. The van der Waals surface area contributed by atoms with E-state index in [9.17, 15) is 4.79 Å². The minimum atomic E-state index is -0.0550. The van der Waals surface area contributed by atoms with Gasteiger partial charge in [0.25, 0.3) is 0 Å². The molecule has 2 heteroatoms. The lowest BCUT2D eigenvalue weighted by Gasteiger charge is -2.16. The molecular formula is C14H14O2. The summed E-state index contributed by atoms with van der Waals surface area (Å²) in [5, 5.41) is 0. The third-order valence-corrected chi connectivity index (χ3v) is 3.54. The summed E-state index contributed by atoms with van der Waals surface area (Å²) in [6, 6.07) is 8.38. The smallest absolute Gasteiger partial charge is 0.313 e. The van der Waals surface area contributed by atoms with Gasteiger partial charge < -0.3 is 4.74 Å². The summed E-state index contributed by atoms with van der Waals surface area (Å²) in [7, 11) is 0. The Morgan fingerprint density at radius 2 is 2.12 bits per heavy atom. The molecule has 1 aliphatic carbocycles. The lowest BCUT2D eigenvalue weighted by molar-refractivity contribution is -0.140. The molecule has 1 aromatic carbocycles. The van der Waals surface area contributed by atoms with Crippen LogP contribution in [-0.2, 0) is 16.0 Å². The Morgan fingerprint density at radius 1 is 1.25 bits per heavy atom. The molecule has 0 radical (unpaired) electrons. The molecule has 2 nitrogen and oxygen atoms in total. The van der Waals surface area contributed by atoms with Crippen molar-refractivity contribution < 1.29 is 9.53 Å². The molecule has 0 spiro atoms. The average Bonchev–Trinajstić information content (AvgIpc) is 2.62. The first-order valence-corrected chi connectivity index (χ1v) is 5.77. The van der Waals surface area contributed by atoms with Crippen LogP contribution in [-0.4, -0.2) is 12.6 Å². The number of hydrogen-bond acceptors (Lipinski definition) is 2. The predicted octanol–water partition coefficient (Wildman–Crippen LogP) is 2.44. The van der Waals surface area contributed by atoms with Crippen LogP contribution < -0.4 is 0 Å². The highest BCUT2D eigenvalue weighted by molar-refractivity contribution is 5.78.